The maximum absolute atomic E-state index is 13.4. The van der Waals surface area contributed by atoms with Crippen LogP contribution in [0.2, 0.25) is 0 Å². The van der Waals surface area contributed by atoms with Crippen molar-refractivity contribution >= 4 is 17.7 Å². The highest BCUT2D eigenvalue weighted by molar-refractivity contribution is 6.06. The number of hydrogen-bond donors (Lipinski definition) is 1. The van der Waals surface area contributed by atoms with Crippen LogP contribution in [0.5, 0.6) is 0 Å². The van der Waals surface area contributed by atoms with Gasteiger partial charge in [-0.15, -0.1) is 0 Å². The first-order valence-corrected chi connectivity index (χ1v) is 12.5. The maximum Gasteiger partial charge on any atom is 0.408 e. The Morgan fingerprint density at radius 3 is 2.45 bits per heavy atom. The number of hydrogen-bond acceptors (Lipinski definition) is 5. The molecule has 4 rings (SSSR count). The van der Waals surface area contributed by atoms with Gasteiger partial charge in [0.05, 0.1) is 18.2 Å². The molecule has 3 aliphatic rings. The molecule has 1 atom stereocenters. The molecule has 2 heterocycles. The van der Waals surface area contributed by atoms with Gasteiger partial charge >= 0.3 is 6.09 Å². The van der Waals surface area contributed by atoms with Crippen LogP contribution in [0.1, 0.15) is 76.5 Å². The lowest BCUT2D eigenvalue weighted by Crippen LogP contribution is -2.51. The zero-order valence-electron chi connectivity index (χ0n) is 20.0. The summed E-state index contributed by atoms with van der Waals surface area (Å²) in [5.41, 5.74) is 1.96. The van der Waals surface area contributed by atoms with Crippen LogP contribution >= 0.6 is 0 Å². The van der Waals surface area contributed by atoms with Crippen molar-refractivity contribution < 1.29 is 14.3 Å². The van der Waals surface area contributed by atoms with Gasteiger partial charge in [0.25, 0.3) is 5.91 Å². The van der Waals surface area contributed by atoms with Crippen molar-refractivity contribution in [3.05, 3.63) is 29.3 Å². The van der Waals surface area contributed by atoms with E-state index in [0.29, 0.717) is 17.2 Å². The normalized spacial score (nSPS) is 26.2. The molecule has 178 valence electrons. The second-order valence-electron chi connectivity index (χ2n) is 9.97. The molecule has 33 heavy (non-hydrogen) atoms. The lowest BCUT2D eigenvalue weighted by Gasteiger charge is -2.43. The van der Waals surface area contributed by atoms with Crippen LogP contribution < -0.4 is 10.2 Å². The molecule has 2 fully saturated rings. The Labute approximate surface area is 197 Å². The molecule has 1 saturated carbocycles. The van der Waals surface area contributed by atoms with Crippen LogP contribution in [-0.4, -0.2) is 48.7 Å². The molecule has 1 unspecified atom stereocenters. The van der Waals surface area contributed by atoms with Gasteiger partial charge in [-0.05, 0) is 75.5 Å². The van der Waals surface area contributed by atoms with E-state index in [4.69, 9.17) is 4.74 Å². The Morgan fingerprint density at radius 2 is 1.85 bits per heavy atom. The van der Waals surface area contributed by atoms with Gasteiger partial charge in [-0.25, -0.2) is 4.79 Å². The maximum atomic E-state index is 13.4. The first kappa shape index (κ1) is 23.6. The standard InChI is InChI=1S/C26H36N4O3/c1-4-33-26(32)28-24-22-15-18(16-27)5-10-23(22)30(25(24)31)21-11-13-29(14-12-21)20-8-6-19(7-9-20)17(2)3/h5,10,15,17,19-21,24H,4,6-9,11-14H2,1-3H3,(H,28,32). The van der Waals surface area contributed by atoms with Gasteiger partial charge in [0.15, 0.2) is 0 Å². The predicted molar refractivity (Wildman–Crippen MR) is 127 cm³/mol. The molecule has 1 saturated heterocycles. The monoisotopic (exact) mass is 452 g/mol. The molecule has 1 aliphatic carbocycles. The van der Waals surface area contributed by atoms with E-state index in [-0.39, 0.29) is 18.6 Å². The third-order valence-electron chi connectivity index (χ3n) is 7.81. The smallest absolute Gasteiger partial charge is 0.408 e. The zero-order chi connectivity index (χ0) is 23.5. The summed E-state index contributed by atoms with van der Waals surface area (Å²) in [7, 11) is 0. The largest absolute Gasteiger partial charge is 0.450 e. The number of nitrogens with one attached hydrogen (secondary N) is 1. The number of piperidine rings is 1. The quantitative estimate of drug-likeness (QED) is 0.717. The van der Waals surface area contributed by atoms with E-state index in [9.17, 15) is 14.9 Å². The first-order chi connectivity index (χ1) is 15.9. The lowest BCUT2D eigenvalue weighted by atomic mass is 9.79. The highest BCUT2D eigenvalue weighted by Crippen LogP contribution is 2.40. The van der Waals surface area contributed by atoms with Crippen LogP contribution in [0.15, 0.2) is 18.2 Å². The minimum Gasteiger partial charge on any atom is -0.450 e. The summed E-state index contributed by atoms with van der Waals surface area (Å²) < 4.78 is 5.02. The summed E-state index contributed by atoms with van der Waals surface area (Å²) in [6.45, 7) is 8.63. The fourth-order valence-electron chi connectivity index (χ4n) is 5.91. The number of carbonyl (C=O) groups is 2. The summed E-state index contributed by atoms with van der Waals surface area (Å²) in [5.74, 6) is 1.50. The molecule has 1 N–H and O–H groups in total. The average molecular weight is 453 g/mol. The molecule has 2 amide bonds. The van der Waals surface area contributed by atoms with Crippen LogP contribution in [0.25, 0.3) is 0 Å². The number of amides is 2. The van der Waals surface area contributed by atoms with Crippen molar-refractivity contribution in [1.82, 2.24) is 10.2 Å². The molecular formula is C26H36N4O3. The summed E-state index contributed by atoms with van der Waals surface area (Å²) in [6.07, 6.45) is 6.43. The second-order valence-corrected chi connectivity index (χ2v) is 9.97. The molecule has 2 aliphatic heterocycles. The van der Waals surface area contributed by atoms with Crippen molar-refractivity contribution in [3.8, 4) is 6.07 Å². The van der Waals surface area contributed by atoms with Crippen molar-refractivity contribution in [1.29, 1.82) is 5.26 Å². The van der Waals surface area contributed by atoms with Crippen molar-refractivity contribution in [2.45, 2.75) is 77.4 Å². The van der Waals surface area contributed by atoms with E-state index < -0.39 is 12.1 Å². The van der Waals surface area contributed by atoms with Crippen molar-refractivity contribution in [2.75, 3.05) is 24.6 Å². The Morgan fingerprint density at radius 1 is 1.15 bits per heavy atom. The zero-order valence-corrected chi connectivity index (χ0v) is 20.0. The Kier molecular flexibility index (Phi) is 7.23. The number of ether oxygens (including phenoxy) is 1. The minimum atomic E-state index is -0.809. The van der Waals surface area contributed by atoms with Gasteiger partial charge in [-0.3, -0.25) is 4.79 Å². The van der Waals surface area contributed by atoms with E-state index in [1.165, 1.54) is 25.7 Å². The SMILES string of the molecule is CCOC(=O)NC1C(=O)N(C2CCN(C3CCC(C(C)C)CC3)CC2)c2ccc(C#N)cc21. The number of rotatable bonds is 5. The number of nitriles is 1. The van der Waals surface area contributed by atoms with Gasteiger partial charge in [0.2, 0.25) is 0 Å². The van der Waals surface area contributed by atoms with E-state index in [1.807, 2.05) is 11.0 Å². The molecule has 0 bridgehead atoms. The molecule has 1 aromatic rings. The molecule has 0 spiro atoms. The summed E-state index contributed by atoms with van der Waals surface area (Å²) in [5, 5.41) is 12.0. The highest BCUT2D eigenvalue weighted by Gasteiger charge is 2.43. The van der Waals surface area contributed by atoms with Crippen LogP contribution in [0.3, 0.4) is 0 Å². The Bertz CT molecular complexity index is 909. The lowest BCUT2D eigenvalue weighted by molar-refractivity contribution is -0.120. The number of nitrogens with zero attached hydrogens (tertiary/aromatic N) is 3. The molecule has 0 radical (unpaired) electrons. The molecular weight excluding hydrogens is 416 g/mol. The number of fused-ring (bicyclic) bond motifs is 1. The number of carbonyl (C=O) groups excluding carboxylic acids is 2. The summed E-state index contributed by atoms with van der Waals surface area (Å²) in [4.78, 5) is 30.0. The van der Waals surface area contributed by atoms with E-state index in [0.717, 1.165) is 43.5 Å². The highest BCUT2D eigenvalue weighted by atomic mass is 16.5. The van der Waals surface area contributed by atoms with Crippen molar-refractivity contribution in [2.24, 2.45) is 11.8 Å². The number of alkyl carbamates (subject to hydrolysis) is 1. The predicted octanol–water partition coefficient (Wildman–Crippen LogP) is 4.37. The van der Waals surface area contributed by atoms with E-state index in [2.05, 4.69) is 30.1 Å². The van der Waals surface area contributed by atoms with Crippen molar-refractivity contribution in [3.63, 3.8) is 0 Å². The van der Waals surface area contributed by atoms with Gasteiger partial charge in [-0.1, -0.05) is 13.8 Å². The fourth-order valence-corrected chi connectivity index (χ4v) is 5.91. The molecule has 7 nitrogen and oxygen atoms in total. The third-order valence-corrected chi connectivity index (χ3v) is 7.81. The molecule has 0 aromatic heterocycles. The second kappa shape index (κ2) is 10.1. The molecule has 1 aromatic carbocycles. The first-order valence-electron chi connectivity index (χ1n) is 12.5. The third kappa shape index (κ3) is 4.86. The van der Waals surface area contributed by atoms with Crippen LogP contribution in [-0.2, 0) is 9.53 Å². The number of likely N-dealkylation sites (tertiary alicyclic amines) is 1. The van der Waals surface area contributed by atoms with Crippen LogP contribution in [0.4, 0.5) is 10.5 Å². The Hall–Kier alpha value is -2.59. The average Bonchev–Trinajstić information content (AvgIpc) is 3.09. The van der Waals surface area contributed by atoms with Gasteiger partial charge in [-0.2, -0.15) is 5.26 Å². The Balaban J connectivity index is 1.44. The van der Waals surface area contributed by atoms with Crippen LogP contribution in [0, 0.1) is 23.2 Å². The summed E-state index contributed by atoms with van der Waals surface area (Å²) >= 11 is 0. The van der Waals surface area contributed by atoms with E-state index in [1.54, 1.807) is 19.1 Å². The van der Waals surface area contributed by atoms with E-state index >= 15 is 0 Å². The fraction of sp³-hybridized carbons (Fsp3) is 0.654. The van der Waals surface area contributed by atoms with Gasteiger partial charge in [0.1, 0.15) is 6.04 Å². The topological polar surface area (TPSA) is 85.7 Å². The van der Waals surface area contributed by atoms with Gasteiger partial charge < -0.3 is 19.9 Å². The molecule has 7 heteroatoms. The minimum absolute atomic E-state index is 0.0986. The van der Waals surface area contributed by atoms with Gasteiger partial charge in [0, 0.05) is 36.4 Å². The number of anilines is 1. The number of benzene rings is 1. The summed E-state index contributed by atoms with van der Waals surface area (Å²) in [6, 6.07) is 7.40.